The Bertz CT molecular complexity index is 1370. The second-order valence-corrected chi connectivity index (χ2v) is 10.4. The largest absolute Gasteiger partial charge is 0.395 e. The minimum absolute atomic E-state index is 0.000838. The van der Waals surface area contributed by atoms with Crippen molar-refractivity contribution in [2.24, 2.45) is 5.92 Å². The Morgan fingerprint density at radius 2 is 1.85 bits per heavy atom. The lowest BCUT2D eigenvalue weighted by Gasteiger charge is -2.36. The van der Waals surface area contributed by atoms with Gasteiger partial charge in [-0.25, -0.2) is 0 Å². The van der Waals surface area contributed by atoms with Crippen molar-refractivity contribution in [1.29, 1.82) is 0 Å². The number of aliphatic hydroxyl groups is 1. The lowest BCUT2D eigenvalue weighted by molar-refractivity contribution is -0.137. The molecule has 5 rings (SSSR count). The van der Waals surface area contributed by atoms with Crippen LogP contribution in [0, 0.1) is 19.8 Å². The molecule has 9 nitrogen and oxygen atoms in total. The van der Waals surface area contributed by atoms with Gasteiger partial charge in [-0.2, -0.15) is 5.10 Å². The number of rotatable bonds is 9. The number of aromatic nitrogens is 2. The van der Waals surface area contributed by atoms with Gasteiger partial charge < -0.3 is 14.9 Å². The SMILES string of the molecule is Cc1cc(C)n(CCN2C(=O)c3cccc(N4CCCC(C(=O)N(CCO)Cc5ccccc5)C4)c3C2=O)n1. The van der Waals surface area contributed by atoms with Crippen LogP contribution in [0.1, 0.15) is 50.5 Å². The molecular formula is C30H35N5O4. The standard InChI is InChI=1S/C30H35N5O4/c1-21-18-22(2)35(31-21)15-14-34-29(38)25-11-6-12-26(27(25)30(34)39)32-13-7-10-24(20-32)28(37)33(16-17-36)19-23-8-4-3-5-9-23/h3-6,8-9,11-12,18,24,36H,7,10,13-17,19-20H2,1-2H3. The molecule has 3 heterocycles. The maximum absolute atomic E-state index is 13.6. The zero-order valence-electron chi connectivity index (χ0n) is 22.5. The summed E-state index contributed by atoms with van der Waals surface area (Å²) in [5.74, 6) is -0.857. The molecule has 2 aromatic carbocycles. The van der Waals surface area contributed by atoms with E-state index in [-0.39, 0.29) is 43.3 Å². The van der Waals surface area contributed by atoms with Crippen molar-refractivity contribution < 1.29 is 19.5 Å². The zero-order valence-corrected chi connectivity index (χ0v) is 22.5. The van der Waals surface area contributed by atoms with E-state index in [0.717, 1.165) is 29.8 Å². The van der Waals surface area contributed by atoms with Crippen molar-refractivity contribution in [2.75, 3.05) is 37.7 Å². The summed E-state index contributed by atoms with van der Waals surface area (Å²) in [4.78, 5) is 45.4. The summed E-state index contributed by atoms with van der Waals surface area (Å²) in [5.41, 5.74) is 4.42. The average molecular weight is 530 g/mol. The molecule has 39 heavy (non-hydrogen) atoms. The van der Waals surface area contributed by atoms with Gasteiger partial charge in [-0.05, 0) is 50.5 Å². The van der Waals surface area contributed by atoms with Crippen LogP contribution in [0.25, 0.3) is 0 Å². The lowest BCUT2D eigenvalue weighted by Crippen LogP contribution is -2.45. The Kier molecular flexibility index (Phi) is 7.79. The van der Waals surface area contributed by atoms with Crippen molar-refractivity contribution >= 4 is 23.4 Å². The molecule has 1 fully saturated rings. The third kappa shape index (κ3) is 5.45. The van der Waals surface area contributed by atoms with Crippen molar-refractivity contribution in [2.45, 2.75) is 39.8 Å². The number of benzene rings is 2. The number of nitrogens with zero attached hydrogens (tertiary/aromatic N) is 5. The van der Waals surface area contributed by atoms with E-state index in [2.05, 4.69) is 10.00 Å². The second kappa shape index (κ2) is 11.4. The van der Waals surface area contributed by atoms with Crippen LogP contribution in [-0.4, -0.2) is 75.2 Å². The summed E-state index contributed by atoms with van der Waals surface area (Å²) in [7, 11) is 0. The first-order valence-corrected chi connectivity index (χ1v) is 13.6. The number of carbonyl (C=O) groups is 3. The van der Waals surface area contributed by atoms with Crippen LogP contribution >= 0.6 is 0 Å². The van der Waals surface area contributed by atoms with Gasteiger partial charge in [0.15, 0.2) is 0 Å². The molecule has 1 aromatic heterocycles. The van der Waals surface area contributed by atoms with Crippen LogP contribution in [0.2, 0.25) is 0 Å². The van der Waals surface area contributed by atoms with Crippen LogP contribution in [0.3, 0.4) is 0 Å². The van der Waals surface area contributed by atoms with Crippen molar-refractivity contribution in [3.8, 4) is 0 Å². The van der Waals surface area contributed by atoms with E-state index in [0.29, 0.717) is 43.0 Å². The zero-order chi connectivity index (χ0) is 27.5. The first kappa shape index (κ1) is 26.6. The molecule has 1 saturated heterocycles. The molecule has 0 radical (unpaired) electrons. The summed E-state index contributed by atoms with van der Waals surface area (Å²) < 4.78 is 1.81. The van der Waals surface area contributed by atoms with E-state index >= 15 is 0 Å². The Morgan fingerprint density at radius 3 is 2.56 bits per heavy atom. The molecule has 1 N–H and O–H groups in total. The van der Waals surface area contributed by atoms with Crippen LogP contribution < -0.4 is 4.90 Å². The van der Waals surface area contributed by atoms with Gasteiger partial charge in [0.1, 0.15) is 0 Å². The molecule has 9 heteroatoms. The van der Waals surface area contributed by atoms with E-state index in [1.807, 2.05) is 67.1 Å². The highest BCUT2D eigenvalue weighted by Crippen LogP contribution is 2.34. The number of imide groups is 1. The van der Waals surface area contributed by atoms with E-state index in [4.69, 9.17) is 0 Å². The predicted molar refractivity (Wildman–Crippen MR) is 147 cm³/mol. The molecule has 1 unspecified atom stereocenters. The number of carbonyl (C=O) groups excluding carboxylic acids is 3. The molecule has 2 aliphatic rings. The maximum atomic E-state index is 13.6. The minimum atomic E-state index is -0.299. The van der Waals surface area contributed by atoms with Crippen molar-refractivity contribution in [3.63, 3.8) is 0 Å². The fraction of sp³-hybridized carbons (Fsp3) is 0.400. The van der Waals surface area contributed by atoms with E-state index in [9.17, 15) is 19.5 Å². The smallest absolute Gasteiger partial charge is 0.263 e. The topological polar surface area (TPSA) is 99.0 Å². The van der Waals surface area contributed by atoms with Gasteiger partial charge in [0, 0.05) is 38.4 Å². The molecule has 0 bridgehead atoms. The van der Waals surface area contributed by atoms with Crippen molar-refractivity contribution in [3.05, 3.63) is 82.7 Å². The number of piperidine rings is 1. The third-order valence-corrected chi connectivity index (χ3v) is 7.62. The van der Waals surface area contributed by atoms with Crippen LogP contribution in [-0.2, 0) is 17.9 Å². The van der Waals surface area contributed by atoms with Crippen LogP contribution in [0.5, 0.6) is 0 Å². The predicted octanol–water partition coefficient (Wildman–Crippen LogP) is 3.03. The molecule has 3 amide bonds. The third-order valence-electron chi connectivity index (χ3n) is 7.62. The number of hydrogen-bond acceptors (Lipinski definition) is 6. The maximum Gasteiger partial charge on any atom is 0.263 e. The Hall–Kier alpha value is -3.98. The number of hydrogen-bond donors (Lipinski definition) is 1. The highest BCUT2D eigenvalue weighted by Gasteiger charge is 2.39. The lowest BCUT2D eigenvalue weighted by atomic mass is 9.94. The van der Waals surface area contributed by atoms with Gasteiger partial charge in [0.2, 0.25) is 5.91 Å². The number of aryl methyl sites for hydroxylation is 2. The molecule has 0 aliphatic carbocycles. The van der Waals surface area contributed by atoms with Gasteiger partial charge >= 0.3 is 0 Å². The first-order valence-electron chi connectivity index (χ1n) is 13.6. The summed E-state index contributed by atoms with van der Waals surface area (Å²) in [6.07, 6.45) is 1.53. The summed E-state index contributed by atoms with van der Waals surface area (Å²) in [6.45, 7) is 6.30. The Labute approximate surface area is 228 Å². The van der Waals surface area contributed by atoms with Gasteiger partial charge in [-0.3, -0.25) is 24.0 Å². The summed E-state index contributed by atoms with van der Waals surface area (Å²) in [6, 6.07) is 17.1. The average Bonchev–Trinajstić information content (AvgIpc) is 3.40. The van der Waals surface area contributed by atoms with Gasteiger partial charge in [-0.1, -0.05) is 36.4 Å². The van der Waals surface area contributed by atoms with Gasteiger partial charge in [-0.15, -0.1) is 0 Å². The number of anilines is 1. The number of amides is 3. The van der Waals surface area contributed by atoms with E-state index < -0.39 is 0 Å². The van der Waals surface area contributed by atoms with Crippen molar-refractivity contribution in [1.82, 2.24) is 19.6 Å². The molecule has 0 saturated carbocycles. The molecule has 2 aliphatic heterocycles. The van der Waals surface area contributed by atoms with Crippen LogP contribution in [0.4, 0.5) is 5.69 Å². The molecular weight excluding hydrogens is 494 g/mol. The van der Waals surface area contributed by atoms with Crippen LogP contribution in [0.15, 0.2) is 54.6 Å². The first-order chi connectivity index (χ1) is 18.9. The normalized spacial score (nSPS) is 17.1. The summed E-state index contributed by atoms with van der Waals surface area (Å²) >= 11 is 0. The highest BCUT2D eigenvalue weighted by atomic mass is 16.3. The minimum Gasteiger partial charge on any atom is -0.395 e. The molecule has 0 spiro atoms. The van der Waals surface area contributed by atoms with E-state index in [1.54, 1.807) is 11.0 Å². The highest BCUT2D eigenvalue weighted by molar-refractivity contribution is 6.23. The summed E-state index contributed by atoms with van der Waals surface area (Å²) in [5, 5.41) is 14.1. The molecule has 1 atom stereocenters. The Morgan fingerprint density at radius 1 is 1.05 bits per heavy atom. The quantitative estimate of drug-likeness (QED) is 0.428. The molecule has 3 aromatic rings. The fourth-order valence-electron chi connectivity index (χ4n) is 5.73. The monoisotopic (exact) mass is 529 g/mol. The number of fused-ring (bicyclic) bond motifs is 1. The van der Waals surface area contributed by atoms with Gasteiger partial charge in [0.25, 0.3) is 11.8 Å². The second-order valence-electron chi connectivity index (χ2n) is 10.4. The van der Waals surface area contributed by atoms with E-state index in [1.165, 1.54) is 4.90 Å². The molecule has 204 valence electrons. The Balaban J connectivity index is 1.32. The number of aliphatic hydroxyl groups excluding tert-OH is 1. The van der Waals surface area contributed by atoms with Gasteiger partial charge in [0.05, 0.1) is 41.6 Å². The fourth-order valence-corrected chi connectivity index (χ4v) is 5.73.